The molecule has 0 atom stereocenters. The van der Waals surface area contributed by atoms with Gasteiger partial charge >= 0.3 is 6.18 Å². The number of nitrogens with zero attached hydrogens (tertiary/aromatic N) is 2. The van der Waals surface area contributed by atoms with Gasteiger partial charge in [-0.1, -0.05) is 56.7 Å². The second-order valence-electron chi connectivity index (χ2n) is 11.1. The van der Waals surface area contributed by atoms with Crippen molar-refractivity contribution < 1.29 is 17.9 Å². The largest absolute Gasteiger partial charge is 0.457 e. The zero-order valence-electron chi connectivity index (χ0n) is 23.4. The summed E-state index contributed by atoms with van der Waals surface area (Å²) in [6.07, 6.45) is -4.86. The standard InChI is InChI=1S/C33H31F3N2O2/c1-20-7-8-24(21(2)15-20)19-38-29(17-28(33(34,35)36)27(18-37)31(38)39)23-9-12-26(13-10-23)40-30-14-11-25(16-22(30)3)32(4,5)6/h7-17H,19H2,1-6H3. The monoisotopic (exact) mass is 544 g/mol. The van der Waals surface area contributed by atoms with Crippen molar-refractivity contribution in [2.24, 2.45) is 0 Å². The van der Waals surface area contributed by atoms with E-state index in [1.165, 1.54) is 16.2 Å². The molecule has 3 aromatic carbocycles. The van der Waals surface area contributed by atoms with Crippen molar-refractivity contribution in [2.45, 2.75) is 59.7 Å². The highest BCUT2D eigenvalue weighted by atomic mass is 19.4. The van der Waals surface area contributed by atoms with Crippen LogP contribution >= 0.6 is 0 Å². The van der Waals surface area contributed by atoms with Gasteiger partial charge in [0.1, 0.15) is 23.1 Å². The van der Waals surface area contributed by atoms with Gasteiger partial charge in [0.25, 0.3) is 5.56 Å². The normalized spacial score (nSPS) is 11.8. The highest BCUT2D eigenvalue weighted by Crippen LogP contribution is 2.35. The van der Waals surface area contributed by atoms with Gasteiger partial charge in [-0.05, 0) is 90.4 Å². The predicted molar refractivity (Wildman–Crippen MR) is 151 cm³/mol. The van der Waals surface area contributed by atoms with Crippen molar-refractivity contribution in [1.82, 2.24) is 4.57 Å². The van der Waals surface area contributed by atoms with Gasteiger partial charge in [-0.3, -0.25) is 4.79 Å². The Morgan fingerprint density at radius 1 is 0.875 bits per heavy atom. The highest BCUT2D eigenvalue weighted by Gasteiger charge is 2.36. The summed E-state index contributed by atoms with van der Waals surface area (Å²) in [6, 6.07) is 20.6. The Morgan fingerprint density at radius 3 is 2.10 bits per heavy atom. The molecule has 0 bridgehead atoms. The second kappa shape index (κ2) is 10.7. The number of alkyl halides is 3. The zero-order valence-corrected chi connectivity index (χ0v) is 23.4. The number of rotatable bonds is 5. The lowest BCUT2D eigenvalue weighted by molar-refractivity contribution is -0.137. The van der Waals surface area contributed by atoms with Crippen LogP contribution in [0.2, 0.25) is 0 Å². The molecule has 0 saturated heterocycles. The minimum Gasteiger partial charge on any atom is -0.457 e. The van der Waals surface area contributed by atoms with Gasteiger partial charge in [-0.25, -0.2) is 0 Å². The van der Waals surface area contributed by atoms with Crippen molar-refractivity contribution in [3.8, 4) is 28.8 Å². The molecule has 0 unspecified atom stereocenters. The van der Waals surface area contributed by atoms with E-state index in [0.717, 1.165) is 28.3 Å². The van der Waals surface area contributed by atoms with Crippen LogP contribution in [0.25, 0.3) is 11.3 Å². The van der Waals surface area contributed by atoms with Crippen LogP contribution < -0.4 is 10.3 Å². The Kier molecular flexibility index (Phi) is 7.67. The number of pyridine rings is 1. The Bertz CT molecular complexity index is 1670. The van der Waals surface area contributed by atoms with Crippen molar-refractivity contribution in [2.75, 3.05) is 0 Å². The number of aromatic nitrogens is 1. The van der Waals surface area contributed by atoms with Gasteiger partial charge in [0.05, 0.1) is 17.8 Å². The van der Waals surface area contributed by atoms with Gasteiger partial charge in [-0.15, -0.1) is 0 Å². The Labute approximate surface area is 232 Å². The molecule has 4 nitrogen and oxygen atoms in total. The molecule has 0 spiro atoms. The smallest absolute Gasteiger partial charge is 0.417 e. The molecule has 0 fully saturated rings. The third kappa shape index (κ3) is 5.96. The summed E-state index contributed by atoms with van der Waals surface area (Å²) in [4.78, 5) is 13.3. The Balaban J connectivity index is 1.78. The first-order valence-electron chi connectivity index (χ1n) is 12.9. The van der Waals surface area contributed by atoms with Crippen LogP contribution in [0, 0.1) is 32.1 Å². The van der Waals surface area contributed by atoms with Crippen LogP contribution in [0.5, 0.6) is 11.5 Å². The Hall–Kier alpha value is -4.31. The fourth-order valence-corrected chi connectivity index (χ4v) is 4.62. The first-order chi connectivity index (χ1) is 18.7. The number of hydrogen-bond acceptors (Lipinski definition) is 3. The van der Waals surface area contributed by atoms with E-state index in [-0.39, 0.29) is 17.7 Å². The van der Waals surface area contributed by atoms with Crippen molar-refractivity contribution in [3.63, 3.8) is 0 Å². The number of aryl methyl sites for hydroxylation is 3. The maximum Gasteiger partial charge on any atom is 0.417 e. The van der Waals surface area contributed by atoms with E-state index in [0.29, 0.717) is 17.1 Å². The van der Waals surface area contributed by atoms with E-state index >= 15 is 0 Å². The summed E-state index contributed by atoms with van der Waals surface area (Å²) in [5.74, 6) is 1.17. The second-order valence-corrected chi connectivity index (χ2v) is 11.1. The number of benzene rings is 3. The molecule has 0 saturated carbocycles. The van der Waals surface area contributed by atoms with Gasteiger partial charge in [0.15, 0.2) is 0 Å². The molecular weight excluding hydrogens is 513 g/mol. The van der Waals surface area contributed by atoms with E-state index in [1.54, 1.807) is 24.3 Å². The first kappa shape index (κ1) is 28.7. The van der Waals surface area contributed by atoms with Crippen LogP contribution in [-0.4, -0.2) is 4.57 Å². The van der Waals surface area contributed by atoms with Crippen molar-refractivity contribution >= 4 is 0 Å². The minimum atomic E-state index is -4.86. The van der Waals surface area contributed by atoms with Crippen molar-refractivity contribution in [3.05, 3.63) is 116 Å². The van der Waals surface area contributed by atoms with Gasteiger partial charge in [0, 0.05) is 0 Å². The molecule has 1 aromatic heterocycles. The number of nitriles is 1. The molecule has 206 valence electrons. The van der Waals surface area contributed by atoms with Crippen LogP contribution in [0.4, 0.5) is 13.2 Å². The summed E-state index contributed by atoms with van der Waals surface area (Å²) in [7, 11) is 0. The van der Waals surface area contributed by atoms with Crippen LogP contribution in [0.15, 0.2) is 71.5 Å². The number of hydrogen-bond donors (Lipinski definition) is 0. The molecular formula is C33H31F3N2O2. The molecule has 40 heavy (non-hydrogen) atoms. The average Bonchev–Trinajstić information content (AvgIpc) is 2.87. The first-order valence-corrected chi connectivity index (χ1v) is 12.9. The summed E-state index contributed by atoms with van der Waals surface area (Å²) in [5, 5.41) is 9.49. The van der Waals surface area contributed by atoms with Gasteiger partial charge in [0.2, 0.25) is 0 Å². The number of ether oxygens (including phenoxy) is 1. The maximum atomic E-state index is 13.9. The van der Waals surface area contributed by atoms with Gasteiger partial charge in [-0.2, -0.15) is 18.4 Å². The SMILES string of the molecule is Cc1ccc(Cn2c(-c3ccc(Oc4ccc(C(C)(C)C)cc4C)cc3)cc(C(F)(F)F)c(C#N)c2=O)c(C)c1. The Morgan fingerprint density at radius 2 is 1.55 bits per heavy atom. The van der Waals surface area contributed by atoms with E-state index < -0.39 is 22.9 Å². The van der Waals surface area contributed by atoms with Crippen LogP contribution in [0.1, 0.15) is 59.7 Å². The molecule has 0 N–H and O–H groups in total. The molecule has 0 radical (unpaired) electrons. The molecule has 0 aliphatic rings. The lowest BCUT2D eigenvalue weighted by Crippen LogP contribution is -2.29. The molecule has 0 aliphatic heterocycles. The minimum absolute atomic E-state index is 0.00574. The van der Waals surface area contributed by atoms with Crippen molar-refractivity contribution in [1.29, 1.82) is 5.26 Å². The number of halogens is 3. The summed E-state index contributed by atoms with van der Waals surface area (Å²) >= 11 is 0. The third-order valence-electron chi connectivity index (χ3n) is 6.96. The molecule has 1 heterocycles. The van der Waals surface area contributed by atoms with E-state index in [1.807, 2.05) is 51.1 Å². The molecule has 7 heteroatoms. The highest BCUT2D eigenvalue weighted by molar-refractivity contribution is 5.64. The molecule has 4 rings (SSSR count). The lowest BCUT2D eigenvalue weighted by atomic mass is 9.86. The topological polar surface area (TPSA) is 55.0 Å². The quantitative estimate of drug-likeness (QED) is 0.253. The van der Waals surface area contributed by atoms with Gasteiger partial charge < -0.3 is 9.30 Å². The van der Waals surface area contributed by atoms with E-state index in [9.17, 15) is 23.2 Å². The average molecular weight is 545 g/mol. The fraction of sp³-hybridized carbons (Fsp3) is 0.273. The molecule has 4 aromatic rings. The third-order valence-corrected chi connectivity index (χ3v) is 6.96. The zero-order chi connectivity index (χ0) is 29.4. The molecule has 0 aliphatic carbocycles. The maximum absolute atomic E-state index is 13.9. The van der Waals surface area contributed by atoms with E-state index in [2.05, 4.69) is 26.8 Å². The van der Waals surface area contributed by atoms with Crippen LogP contribution in [-0.2, 0) is 18.1 Å². The summed E-state index contributed by atoms with van der Waals surface area (Å²) in [6.45, 7) is 12.2. The molecule has 0 amide bonds. The lowest BCUT2D eigenvalue weighted by Gasteiger charge is -2.21. The van der Waals surface area contributed by atoms with E-state index in [4.69, 9.17) is 4.74 Å². The predicted octanol–water partition coefficient (Wildman–Crippen LogP) is 8.47. The summed E-state index contributed by atoms with van der Waals surface area (Å²) < 4.78 is 49.0. The fourth-order valence-electron chi connectivity index (χ4n) is 4.62. The van der Waals surface area contributed by atoms with Crippen LogP contribution in [0.3, 0.4) is 0 Å². The summed E-state index contributed by atoms with van der Waals surface area (Å²) in [5.41, 5.74) is 2.12.